The van der Waals surface area contributed by atoms with Crippen molar-refractivity contribution >= 4 is 0 Å². The maximum atomic E-state index is 9.59. The number of morpholine rings is 1. The zero-order valence-electron chi connectivity index (χ0n) is 10.3. The molecule has 1 heterocycles. The van der Waals surface area contributed by atoms with Gasteiger partial charge in [0.25, 0.3) is 0 Å². The van der Waals surface area contributed by atoms with Gasteiger partial charge in [0.15, 0.2) is 0 Å². The molecule has 1 rings (SSSR count). The lowest BCUT2D eigenvalue weighted by atomic mass is 10.1. The number of aliphatic hydroxyl groups is 2. The van der Waals surface area contributed by atoms with Crippen LogP contribution in [-0.2, 0) is 4.74 Å². The van der Waals surface area contributed by atoms with E-state index in [1.165, 1.54) is 0 Å². The highest BCUT2D eigenvalue weighted by molar-refractivity contribution is 4.77. The third kappa shape index (κ3) is 4.76. The number of nitrogens with one attached hydrogen (secondary N) is 1. The summed E-state index contributed by atoms with van der Waals surface area (Å²) in [7, 11) is 0. The predicted octanol–water partition coefficient (Wildman–Crippen LogP) is -0.960. The van der Waals surface area contributed by atoms with Crippen molar-refractivity contribution in [3.63, 3.8) is 0 Å². The molecule has 0 aromatic rings. The van der Waals surface area contributed by atoms with Crippen molar-refractivity contribution in [1.29, 1.82) is 0 Å². The second-order valence-corrected chi connectivity index (χ2v) is 4.67. The second kappa shape index (κ2) is 6.51. The number of nitrogens with zero attached hydrogens (tertiary/aromatic N) is 1. The fourth-order valence-electron chi connectivity index (χ4n) is 1.75. The molecule has 96 valence electrons. The summed E-state index contributed by atoms with van der Waals surface area (Å²) in [5.74, 6) is 0. The van der Waals surface area contributed by atoms with Gasteiger partial charge in [-0.25, -0.2) is 0 Å². The molecular formula is C11H24N2O3. The van der Waals surface area contributed by atoms with E-state index in [0.717, 1.165) is 26.2 Å². The van der Waals surface area contributed by atoms with Crippen LogP contribution >= 0.6 is 0 Å². The lowest BCUT2D eigenvalue weighted by Gasteiger charge is -2.32. The minimum absolute atomic E-state index is 0.184. The SMILES string of the molecule is CCN1CCOC(CNCC(C)(O)CO)C1. The first-order valence-electron chi connectivity index (χ1n) is 5.95. The summed E-state index contributed by atoms with van der Waals surface area (Å²) in [6, 6.07) is 0. The molecular weight excluding hydrogens is 208 g/mol. The van der Waals surface area contributed by atoms with Crippen LogP contribution in [0, 0.1) is 0 Å². The summed E-state index contributed by atoms with van der Waals surface area (Å²) in [5, 5.41) is 21.6. The van der Waals surface area contributed by atoms with Crippen LogP contribution in [0.1, 0.15) is 13.8 Å². The van der Waals surface area contributed by atoms with Gasteiger partial charge in [-0.05, 0) is 13.5 Å². The van der Waals surface area contributed by atoms with Gasteiger partial charge in [-0.15, -0.1) is 0 Å². The molecule has 3 N–H and O–H groups in total. The van der Waals surface area contributed by atoms with Crippen molar-refractivity contribution in [1.82, 2.24) is 10.2 Å². The molecule has 0 aromatic carbocycles. The summed E-state index contributed by atoms with van der Waals surface area (Å²) >= 11 is 0. The number of rotatable bonds is 6. The first kappa shape index (κ1) is 13.9. The van der Waals surface area contributed by atoms with Crippen LogP contribution in [-0.4, -0.2) is 72.8 Å². The Bertz CT molecular complexity index is 200. The average molecular weight is 232 g/mol. The Morgan fingerprint density at radius 2 is 2.31 bits per heavy atom. The normalized spacial score (nSPS) is 26.6. The molecule has 0 spiro atoms. The fraction of sp³-hybridized carbons (Fsp3) is 1.00. The Morgan fingerprint density at radius 1 is 1.56 bits per heavy atom. The van der Waals surface area contributed by atoms with Gasteiger partial charge >= 0.3 is 0 Å². The highest BCUT2D eigenvalue weighted by Crippen LogP contribution is 2.04. The van der Waals surface area contributed by atoms with E-state index in [1.807, 2.05) is 0 Å². The van der Waals surface area contributed by atoms with Gasteiger partial charge < -0.3 is 20.3 Å². The summed E-state index contributed by atoms with van der Waals surface area (Å²) in [4.78, 5) is 2.35. The maximum Gasteiger partial charge on any atom is 0.0972 e. The van der Waals surface area contributed by atoms with E-state index in [-0.39, 0.29) is 12.7 Å². The van der Waals surface area contributed by atoms with E-state index in [0.29, 0.717) is 13.1 Å². The smallest absolute Gasteiger partial charge is 0.0972 e. The number of aliphatic hydroxyl groups excluding tert-OH is 1. The third-order valence-electron chi connectivity index (χ3n) is 2.89. The third-order valence-corrected chi connectivity index (χ3v) is 2.89. The Hall–Kier alpha value is -0.200. The van der Waals surface area contributed by atoms with Crippen LogP contribution in [0.3, 0.4) is 0 Å². The molecule has 0 saturated carbocycles. The number of likely N-dealkylation sites (N-methyl/N-ethyl adjacent to an activating group) is 1. The van der Waals surface area contributed by atoms with E-state index < -0.39 is 5.60 Å². The predicted molar refractivity (Wildman–Crippen MR) is 62.4 cm³/mol. The molecule has 1 fully saturated rings. The van der Waals surface area contributed by atoms with Crippen molar-refractivity contribution < 1.29 is 14.9 Å². The lowest BCUT2D eigenvalue weighted by molar-refractivity contribution is -0.0327. The van der Waals surface area contributed by atoms with Gasteiger partial charge in [0.2, 0.25) is 0 Å². The molecule has 0 aliphatic carbocycles. The Balaban J connectivity index is 2.17. The van der Waals surface area contributed by atoms with E-state index in [4.69, 9.17) is 9.84 Å². The minimum Gasteiger partial charge on any atom is -0.393 e. The molecule has 0 aromatic heterocycles. The molecule has 2 atom stereocenters. The summed E-state index contributed by atoms with van der Waals surface area (Å²) in [6.07, 6.45) is 0.184. The molecule has 16 heavy (non-hydrogen) atoms. The number of ether oxygens (including phenoxy) is 1. The standard InChI is InChI=1S/C11H24N2O3/c1-3-13-4-5-16-10(7-13)6-12-8-11(2,15)9-14/h10,12,14-15H,3-9H2,1-2H3. The molecule has 1 aliphatic heterocycles. The molecule has 5 heteroatoms. The second-order valence-electron chi connectivity index (χ2n) is 4.67. The van der Waals surface area contributed by atoms with Crippen molar-refractivity contribution in [3.05, 3.63) is 0 Å². The van der Waals surface area contributed by atoms with Gasteiger partial charge in [0.1, 0.15) is 0 Å². The van der Waals surface area contributed by atoms with E-state index >= 15 is 0 Å². The number of hydrogen-bond donors (Lipinski definition) is 3. The van der Waals surface area contributed by atoms with Crippen molar-refractivity contribution in [3.8, 4) is 0 Å². The Kier molecular flexibility index (Phi) is 5.64. The molecule has 0 bridgehead atoms. The Morgan fingerprint density at radius 3 is 2.94 bits per heavy atom. The fourth-order valence-corrected chi connectivity index (χ4v) is 1.75. The lowest BCUT2D eigenvalue weighted by Crippen LogP contribution is -2.49. The van der Waals surface area contributed by atoms with E-state index in [2.05, 4.69) is 17.1 Å². The highest BCUT2D eigenvalue weighted by Gasteiger charge is 2.22. The summed E-state index contributed by atoms with van der Waals surface area (Å²) in [5.41, 5.74) is -1.04. The largest absolute Gasteiger partial charge is 0.393 e. The van der Waals surface area contributed by atoms with Crippen molar-refractivity contribution in [2.24, 2.45) is 0 Å². The average Bonchev–Trinajstić information content (AvgIpc) is 2.29. The molecule has 5 nitrogen and oxygen atoms in total. The Labute approximate surface area is 97.4 Å². The van der Waals surface area contributed by atoms with Gasteiger partial charge in [0.05, 0.1) is 24.9 Å². The van der Waals surface area contributed by atoms with Crippen LogP contribution in [0.2, 0.25) is 0 Å². The maximum absolute atomic E-state index is 9.59. The summed E-state index contributed by atoms with van der Waals surface area (Å²) in [6.45, 7) is 8.39. The van der Waals surface area contributed by atoms with Crippen LogP contribution in [0.5, 0.6) is 0 Å². The minimum atomic E-state index is -1.04. The van der Waals surface area contributed by atoms with E-state index in [9.17, 15) is 5.11 Å². The summed E-state index contributed by atoms with van der Waals surface area (Å²) < 4.78 is 5.61. The molecule has 1 saturated heterocycles. The van der Waals surface area contributed by atoms with Crippen LogP contribution in [0.4, 0.5) is 0 Å². The van der Waals surface area contributed by atoms with Gasteiger partial charge in [0, 0.05) is 26.2 Å². The zero-order chi connectivity index (χ0) is 12.0. The molecule has 0 amide bonds. The van der Waals surface area contributed by atoms with Gasteiger partial charge in [-0.2, -0.15) is 0 Å². The van der Waals surface area contributed by atoms with Crippen LogP contribution in [0.25, 0.3) is 0 Å². The van der Waals surface area contributed by atoms with Crippen LogP contribution in [0.15, 0.2) is 0 Å². The first-order valence-corrected chi connectivity index (χ1v) is 5.95. The van der Waals surface area contributed by atoms with Gasteiger partial charge in [-0.1, -0.05) is 6.92 Å². The number of hydrogen-bond acceptors (Lipinski definition) is 5. The molecule has 0 radical (unpaired) electrons. The first-order chi connectivity index (χ1) is 7.57. The van der Waals surface area contributed by atoms with Crippen molar-refractivity contribution in [2.45, 2.75) is 25.6 Å². The molecule has 2 unspecified atom stereocenters. The van der Waals surface area contributed by atoms with E-state index in [1.54, 1.807) is 6.92 Å². The quantitative estimate of drug-likeness (QED) is 0.550. The monoisotopic (exact) mass is 232 g/mol. The van der Waals surface area contributed by atoms with Crippen LogP contribution < -0.4 is 5.32 Å². The van der Waals surface area contributed by atoms with Gasteiger partial charge in [-0.3, -0.25) is 4.90 Å². The molecule has 1 aliphatic rings. The highest BCUT2D eigenvalue weighted by atomic mass is 16.5. The topological polar surface area (TPSA) is 65.0 Å². The zero-order valence-corrected chi connectivity index (χ0v) is 10.3. The van der Waals surface area contributed by atoms with Crippen molar-refractivity contribution in [2.75, 3.05) is 45.9 Å².